The van der Waals surface area contributed by atoms with E-state index in [1.807, 2.05) is 49.5 Å². The number of hydrogen-bond acceptors (Lipinski definition) is 1. The van der Waals surface area contributed by atoms with Crippen LogP contribution in [0, 0.1) is 12.7 Å². The van der Waals surface area contributed by atoms with Gasteiger partial charge in [-0.1, -0.05) is 30.3 Å². The van der Waals surface area contributed by atoms with Gasteiger partial charge in [0.1, 0.15) is 5.82 Å². The van der Waals surface area contributed by atoms with E-state index in [4.69, 9.17) is 0 Å². The summed E-state index contributed by atoms with van der Waals surface area (Å²) in [6.45, 7) is 1.88. The summed E-state index contributed by atoms with van der Waals surface area (Å²) in [5, 5.41) is 4.54. The smallest absolute Gasteiger partial charge is 0.123 e. The Morgan fingerprint density at radius 2 is 1.79 bits per heavy atom. The topological polar surface area (TPSA) is 17.8 Å². The minimum Gasteiger partial charge on any atom is -0.240 e. The van der Waals surface area contributed by atoms with Crippen LogP contribution in [0.3, 0.4) is 0 Å². The van der Waals surface area contributed by atoms with Crippen molar-refractivity contribution in [2.45, 2.75) is 6.92 Å². The number of nitrogens with zero attached hydrogens (tertiary/aromatic N) is 2. The molecule has 2 nitrogen and oxygen atoms in total. The first-order chi connectivity index (χ1) is 9.24. The van der Waals surface area contributed by atoms with E-state index in [1.54, 1.807) is 10.7 Å². The number of aromatic nitrogens is 2. The largest absolute Gasteiger partial charge is 0.240 e. The molecule has 94 valence electrons. The molecule has 0 radical (unpaired) electrons. The summed E-state index contributed by atoms with van der Waals surface area (Å²) >= 11 is 0. The van der Waals surface area contributed by atoms with Gasteiger partial charge < -0.3 is 0 Å². The molecular formula is C16H13FN2. The van der Waals surface area contributed by atoms with Gasteiger partial charge in [0.15, 0.2) is 0 Å². The Morgan fingerprint density at radius 1 is 1.00 bits per heavy atom. The number of halogens is 1. The molecular weight excluding hydrogens is 239 g/mol. The molecule has 1 heterocycles. The highest BCUT2D eigenvalue weighted by atomic mass is 19.1. The summed E-state index contributed by atoms with van der Waals surface area (Å²) in [6, 6.07) is 16.6. The Bertz CT molecular complexity index is 702. The molecule has 0 amide bonds. The maximum absolute atomic E-state index is 13.1. The molecule has 0 aliphatic rings. The molecule has 3 heteroatoms. The van der Waals surface area contributed by atoms with E-state index >= 15 is 0 Å². The van der Waals surface area contributed by atoms with E-state index in [2.05, 4.69) is 5.10 Å². The zero-order chi connectivity index (χ0) is 13.2. The standard InChI is InChI=1S/C16H13FN2/c1-12-11-14(17)7-8-16(12)19-10-9-15(18-19)13-5-3-2-4-6-13/h2-11H,1H3. The average Bonchev–Trinajstić information content (AvgIpc) is 2.89. The predicted molar refractivity (Wildman–Crippen MR) is 73.7 cm³/mol. The molecule has 0 atom stereocenters. The highest BCUT2D eigenvalue weighted by molar-refractivity contribution is 5.58. The lowest BCUT2D eigenvalue weighted by Gasteiger charge is -2.05. The summed E-state index contributed by atoms with van der Waals surface area (Å²) < 4.78 is 14.9. The lowest BCUT2D eigenvalue weighted by molar-refractivity contribution is 0.625. The number of benzene rings is 2. The van der Waals surface area contributed by atoms with Crippen LogP contribution >= 0.6 is 0 Å². The second-order valence-electron chi connectivity index (χ2n) is 4.44. The Labute approximate surface area is 111 Å². The SMILES string of the molecule is Cc1cc(F)ccc1-n1ccc(-c2ccccc2)n1. The van der Waals surface area contributed by atoms with Crippen molar-refractivity contribution in [1.82, 2.24) is 9.78 Å². The van der Waals surface area contributed by atoms with Crippen LogP contribution in [0.5, 0.6) is 0 Å². The molecule has 0 aliphatic carbocycles. The predicted octanol–water partition coefficient (Wildman–Crippen LogP) is 3.99. The van der Waals surface area contributed by atoms with Crippen molar-refractivity contribution in [3.8, 4) is 16.9 Å². The van der Waals surface area contributed by atoms with Crippen LogP contribution in [0.25, 0.3) is 16.9 Å². The van der Waals surface area contributed by atoms with Crippen molar-refractivity contribution < 1.29 is 4.39 Å². The minimum absolute atomic E-state index is 0.225. The van der Waals surface area contributed by atoms with Gasteiger partial charge in [0, 0.05) is 11.8 Å². The molecule has 1 aromatic heterocycles. The first kappa shape index (κ1) is 11.7. The number of aryl methyl sites for hydroxylation is 1. The summed E-state index contributed by atoms with van der Waals surface area (Å²) in [5.41, 5.74) is 3.73. The number of rotatable bonds is 2. The van der Waals surface area contributed by atoms with Crippen molar-refractivity contribution in [2.75, 3.05) is 0 Å². The normalized spacial score (nSPS) is 10.6. The van der Waals surface area contributed by atoms with Crippen LogP contribution in [0.1, 0.15) is 5.56 Å². The fourth-order valence-corrected chi connectivity index (χ4v) is 2.10. The first-order valence-corrected chi connectivity index (χ1v) is 6.12. The molecule has 0 fully saturated rings. The lowest BCUT2D eigenvalue weighted by atomic mass is 10.2. The zero-order valence-electron chi connectivity index (χ0n) is 10.5. The summed E-state index contributed by atoms with van der Waals surface area (Å²) in [4.78, 5) is 0. The van der Waals surface area contributed by atoms with Gasteiger partial charge in [-0.05, 0) is 36.8 Å². The van der Waals surface area contributed by atoms with Gasteiger partial charge in [-0.3, -0.25) is 0 Å². The third-order valence-corrected chi connectivity index (χ3v) is 3.06. The van der Waals surface area contributed by atoms with Crippen LogP contribution in [-0.2, 0) is 0 Å². The minimum atomic E-state index is -0.225. The molecule has 0 N–H and O–H groups in total. The van der Waals surface area contributed by atoms with E-state index < -0.39 is 0 Å². The van der Waals surface area contributed by atoms with E-state index in [1.165, 1.54) is 12.1 Å². The van der Waals surface area contributed by atoms with E-state index in [-0.39, 0.29) is 5.82 Å². The van der Waals surface area contributed by atoms with Gasteiger partial charge in [0.25, 0.3) is 0 Å². The fourth-order valence-electron chi connectivity index (χ4n) is 2.10. The highest BCUT2D eigenvalue weighted by Crippen LogP contribution is 2.20. The van der Waals surface area contributed by atoms with Crippen molar-refractivity contribution in [3.05, 3.63) is 72.2 Å². The van der Waals surface area contributed by atoms with Crippen LogP contribution in [0.2, 0.25) is 0 Å². The van der Waals surface area contributed by atoms with Gasteiger partial charge in [-0.15, -0.1) is 0 Å². The zero-order valence-corrected chi connectivity index (χ0v) is 10.5. The van der Waals surface area contributed by atoms with Gasteiger partial charge in [-0.2, -0.15) is 5.10 Å². The highest BCUT2D eigenvalue weighted by Gasteiger charge is 2.06. The summed E-state index contributed by atoms with van der Waals surface area (Å²) in [6.07, 6.45) is 1.89. The lowest BCUT2D eigenvalue weighted by Crippen LogP contribution is -1.98. The average molecular weight is 252 g/mol. The fraction of sp³-hybridized carbons (Fsp3) is 0.0625. The monoisotopic (exact) mass is 252 g/mol. The van der Waals surface area contributed by atoms with Crippen molar-refractivity contribution >= 4 is 0 Å². The molecule has 0 spiro atoms. The van der Waals surface area contributed by atoms with Crippen LogP contribution in [0.4, 0.5) is 4.39 Å². The Hall–Kier alpha value is -2.42. The third kappa shape index (κ3) is 2.27. The maximum atomic E-state index is 13.1. The third-order valence-electron chi connectivity index (χ3n) is 3.06. The van der Waals surface area contributed by atoms with Crippen LogP contribution in [-0.4, -0.2) is 9.78 Å². The van der Waals surface area contributed by atoms with Crippen molar-refractivity contribution in [2.24, 2.45) is 0 Å². The van der Waals surface area contributed by atoms with Crippen LogP contribution < -0.4 is 0 Å². The Morgan fingerprint density at radius 3 is 2.53 bits per heavy atom. The molecule has 3 aromatic rings. The molecule has 0 saturated carbocycles. The molecule has 3 rings (SSSR count). The molecule has 2 aromatic carbocycles. The number of hydrogen-bond donors (Lipinski definition) is 0. The summed E-state index contributed by atoms with van der Waals surface area (Å²) in [7, 11) is 0. The second-order valence-corrected chi connectivity index (χ2v) is 4.44. The van der Waals surface area contributed by atoms with E-state index in [9.17, 15) is 4.39 Å². The van der Waals surface area contributed by atoms with Crippen molar-refractivity contribution in [3.63, 3.8) is 0 Å². The molecule has 19 heavy (non-hydrogen) atoms. The van der Waals surface area contributed by atoms with E-state index in [0.29, 0.717) is 0 Å². The molecule has 0 aliphatic heterocycles. The van der Waals surface area contributed by atoms with Gasteiger partial charge in [-0.25, -0.2) is 9.07 Å². The van der Waals surface area contributed by atoms with Gasteiger partial charge >= 0.3 is 0 Å². The van der Waals surface area contributed by atoms with E-state index in [0.717, 1.165) is 22.5 Å². The molecule has 0 unspecified atom stereocenters. The first-order valence-electron chi connectivity index (χ1n) is 6.12. The Kier molecular flexibility index (Phi) is 2.88. The quantitative estimate of drug-likeness (QED) is 0.674. The van der Waals surface area contributed by atoms with Gasteiger partial charge in [0.2, 0.25) is 0 Å². The van der Waals surface area contributed by atoms with Crippen LogP contribution in [0.15, 0.2) is 60.8 Å². The second kappa shape index (κ2) is 4.69. The summed E-state index contributed by atoms with van der Waals surface area (Å²) in [5.74, 6) is -0.225. The molecule has 0 bridgehead atoms. The maximum Gasteiger partial charge on any atom is 0.123 e. The molecule has 0 saturated heterocycles. The Balaban J connectivity index is 2.02. The van der Waals surface area contributed by atoms with Gasteiger partial charge in [0.05, 0.1) is 11.4 Å². The van der Waals surface area contributed by atoms with Crippen molar-refractivity contribution in [1.29, 1.82) is 0 Å².